The maximum atomic E-state index is 12.8. The average Bonchev–Trinajstić information content (AvgIpc) is 3.43. The molecular weight excluding hydrogens is 416 g/mol. The van der Waals surface area contributed by atoms with Crippen molar-refractivity contribution in [2.75, 3.05) is 13.1 Å². The number of benzene rings is 1. The molecule has 1 N–H and O–H groups in total. The Morgan fingerprint density at radius 1 is 1.10 bits per heavy atom. The number of hydrogen-bond acceptors (Lipinski definition) is 6. The molecule has 1 aliphatic heterocycles. The lowest BCUT2D eigenvalue weighted by Gasteiger charge is -2.27. The molecule has 1 aliphatic carbocycles. The lowest BCUT2D eigenvalue weighted by molar-refractivity contribution is -0.123. The summed E-state index contributed by atoms with van der Waals surface area (Å²) in [7, 11) is -3.43. The van der Waals surface area contributed by atoms with Crippen LogP contribution in [0.4, 0.5) is 0 Å². The van der Waals surface area contributed by atoms with Crippen LogP contribution < -0.4 is 5.32 Å². The van der Waals surface area contributed by atoms with Crippen LogP contribution in [0.1, 0.15) is 68.6 Å². The van der Waals surface area contributed by atoms with E-state index >= 15 is 0 Å². The van der Waals surface area contributed by atoms with Gasteiger partial charge in [-0.05, 0) is 49.8 Å². The van der Waals surface area contributed by atoms with E-state index in [4.69, 9.17) is 4.52 Å². The summed E-state index contributed by atoms with van der Waals surface area (Å²) in [6.07, 6.45) is 7.41. The molecule has 1 saturated heterocycles. The zero-order chi connectivity index (χ0) is 21.9. The van der Waals surface area contributed by atoms with Crippen LogP contribution in [0.5, 0.6) is 0 Å². The van der Waals surface area contributed by atoms with Crippen LogP contribution in [0, 0.1) is 6.92 Å². The van der Waals surface area contributed by atoms with Crippen LogP contribution in [0.25, 0.3) is 0 Å². The second-order valence-corrected chi connectivity index (χ2v) is 10.5. The molecule has 0 unspecified atom stereocenters. The van der Waals surface area contributed by atoms with Gasteiger partial charge in [0.25, 0.3) is 0 Å². The van der Waals surface area contributed by atoms with Crippen molar-refractivity contribution in [2.24, 2.45) is 0 Å². The second kappa shape index (κ2) is 9.08. The number of rotatable bonds is 7. The normalized spacial score (nSPS) is 19.4. The van der Waals surface area contributed by atoms with Crippen LogP contribution in [0.2, 0.25) is 0 Å². The van der Waals surface area contributed by atoms with Crippen molar-refractivity contribution in [3.05, 3.63) is 41.5 Å². The first-order valence-electron chi connectivity index (χ1n) is 11.1. The van der Waals surface area contributed by atoms with Gasteiger partial charge in [-0.25, -0.2) is 8.42 Å². The summed E-state index contributed by atoms with van der Waals surface area (Å²) in [5, 5.41) is 7.20. The molecule has 8 nitrogen and oxygen atoms in total. The van der Waals surface area contributed by atoms with Crippen molar-refractivity contribution in [2.45, 2.75) is 75.1 Å². The van der Waals surface area contributed by atoms with Crippen molar-refractivity contribution in [1.29, 1.82) is 0 Å². The smallest absolute Gasteiger partial charge is 0.243 e. The Labute approximate surface area is 183 Å². The summed E-state index contributed by atoms with van der Waals surface area (Å²) in [6.45, 7) is 2.92. The van der Waals surface area contributed by atoms with Crippen molar-refractivity contribution in [3.8, 4) is 0 Å². The predicted molar refractivity (Wildman–Crippen MR) is 115 cm³/mol. The van der Waals surface area contributed by atoms with E-state index in [9.17, 15) is 13.2 Å². The summed E-state index contributed by atoms with van der Waals surface area (Å²) in [5.74, 6) is 0.993. The summed E-state index contributed by atoms with van der Waals surface area (Å²) >= 11 is 0. The number of nitrogens with zero attached hydrogens (tertiary/aromatic N) is 3. The van der Waals surface area contributed by atoms with E-state index in [1.54, 1.807) is 35.5 Å². The minimum Gasteiger partial charge on any atom is -0.343 e. The molecule has 9 heteroatoms. The number of carbonyl (C=O) groups is 1. The third kappa shape index (κ3) is 4.82. The zero-order valence-corrected chi connectivity index (χ0v) is 18.8. The Hall–Kier alpha value is -2.26. The second-order valence-electron chi connectivity index (χ2n) is 8.58. The molecule has 1 amide bonds. The van der Waals surface area contributed by atoms with E-state index in [1.165, 1.54) is 0 Å². The Kier molecular flexibility index (Phi) is 6.43. The molecule has 2 aromatic rings. The Morgan fingerprint density at radius 3 is 2.39 bits per heavy atom. The molecule has 1 saturated carbocycles. The van der Waals surface area contributed by atoms with E-state index in [2.05, 4.69) is 15.5 Å². The van der Waals surface area contributed by atoms with Gasteiger partial charge in [-0.2, -0.15) is 9.29 Å². The van der Waals surface area contributed by atoms with E-state index in [0.717, 1.165) is 50.5 Å². The Bertz CT molecular complexity index is 1000. The fourth-order valence-corrected chi connectivity index (χ4v) is 6.06. The van der Waals surface area contributed by atoms with Crippen molar-refractivity contribution < 1.29 is 17.7 Å². The molecule has 1 aromatic carbocycles. The number of aryl methyl sites for hydroxylation is 2. The number of amides is 1. The van der Waals surface area contributed by atoms with E-state index < -0.39 is 15.6 Å². The highest BCUT2D eigenvalue weighted by Gasteiger charge is 2.41. The molecule has 168 valence electrons. The number of piperidine rings is 1. The van der Waals surface area contributed by atoms with Gasteiger partial charge in [-0.15, -0.1) is 0 Å². The maximum Gasteiger partial charge on any atom is 0.243 e. The third-order valence-electron chi connectivity index (χ3n) is 6.31. The highest BCUT2D eigenvalue weighted by atomic mass is 32.2. The minimum absolute atomic E-state index is 0.0608. The van der Waals surface area contributed by atoms with Gasteiger partial charge in [0, 0.05) is 26.4 Å². The summed E-state index contributed by atoms with van der Waals surface area (Å²) in [6, 6.07) is 6.91. The molecule has 2 aliphatic rings. The lowest BCUT2D eigenvalue weighted by atomic mass is 9.96. The standard InChI is InChI=1S/C22H30N4O4S/c1-17-23-21(25-30-17)22(13-3-4-14-22)24-20(27)12-9-18-7-10-19(11-8-18)31(28,29)26-15-5-2-6-16-26/h7-8,10-11H,2-6,9,12-16H2,1H3,(H,24,27). The molecular formula is C22H30N4O4S. The van der Waals surface area contributed by atoms with Gasteiger partial charge in [-0.3, -0.25) is 4.79 Å². The molecule has 2 heterocycles. The number of nitrogens with one attached hydrogen (secondary N) is 1. The molecule has 0 radical (unpaired) electrons. The fourth-order valence-electron chi connectivity index (χ4n) is 4.55. The van der Waals surface area contributed by atoms with Crippen LogP contribution in [0.3, 0.4) is 0 Å². The van der Waals surface area contributed by atoms with Crippen LogP contribution in [0.15, 0.2) is 33.7 Å². The average molecular weight is 447 g/mol. The van der Waals surface area contributed by atoms with Crippen molar-refractivity contribution in [3.63, 3.8) is 0 Å². The first kappa shape index (κ1) is 22.0. The zero-order valence-electron chi connectivity index (χ0n) is 18.0. The number of carbonyl (C=O) groups excluding carboxylic acids is 1. The Morgan fingerprint density at radius 2 is 1.77 bits per heavy atom. The van der Waals surface area contributed by atoms with Gasteiger partial charge in [0.1, 0.15) is 5.54 Å². The van der Waals surface area contributed by atoms with E-state index in [1.807, 2.05) is 0 Å². The molecule has 0 spiro atoms. The van der Waals surface area contributed by atoms with Gasteiger partial charge < -0.3 is 9.84 Å². The van der Waals surface area contributed by atoms with Gasteiger partial charge in [0.2, 0.25) is 21.8 Å². The summed E-state index contributed by atoms with van der Waals surface area (Å²) in [4.78, 5) is 17.4. The molecule has 0 bridgehead atoms. The van der Waals surface area contributed by atoms with Crippen LogP contribution in [-0.4, -0.2) is 41.9 Å². The minimum atomic E-state index is -3.43. The van der Waals surface area contributed by atoms with Crippen molar-refractivity contribution >= 4 is 15.9 Å². The first-order chi connectivity index (χ1) is 14.9. The van der Waals surface area contributed by atoms with E-state index in [-0.39, 0.29) is 5.91 Å². The molecule has 0 atom stereocenters. The molecule has 4 rings (SSSR count). The number of sulfonamides is 1. The highest BCUT2D eigenvalue weighted by molar-refractivity contribution is 7.89. The lowest BCUT2D eigenvalue weighted by Crippen LogP contribution is -2.44. The Balaban J connectivity index is 1.36. The predicted octanol–water partition coefficient (Wildman–Crippen LogP) is 3.07. The van der Waals surface area contributed by atoms with Gasteiger partial charge >= 0.3 is 0 Å². The summed E-state index contributed by atoms with van der Waals surface area (Å²) < 4.78 is 32.2. The first-order valence-corrected chi connectivity index (χ1v) is 12.5. The van der Waals surface area contributed by atoms with E-state index in [0.29, 0.717) is 42.5 Å². The fraction of sp³-hybridized carbons (Fsp3) is 0.591. The molecule has 31 heavy (non-hydrogen) atoms. The van der Waals surface area contributed by atoms with Gasteiger partial charge in [0.15, 0.2) is 5.82 Å². The maximum absolute atomic E-state index is 12.8. The van der Waals surface area contributed by atoms with Gasteiger partial charge in [0.05, 0.1) is 4.90 Å². The van der Waals surface area contributed by atoms with Crippen LogP contribution in [-0.2, 0) is 26.8 Å². The third-order valence-corrected chi connectivity index (χ3v) is 8.22. The largest absolute Gasteiger partial charge is 0.343 e. The quantitative estimate of drug-likeness (QED) is 0.701. The van der Waals surface area contributed by atoms with Crippen LogP contribution >= 0.6 is 0 Å². The monoisotopic (exact) mass is 446 g/mol. The number of aromatic nitrogens is 2. The highest BCUT2D eigenvalue weighted by Crippen LogP contribution is 2.37. The topological polar surface area (TPSA) is 105 Å². The number of hydrogen-bond donors (Lipinski definition) is 1. The van der Waals surface area contributed by atoms with Crippen molar-refractivity contribution in [1.82, 2.24) is 19.8 Å². The molecule has 1 aromatic heterocycles. The molecule has 2 fully saturated rings. The summed E-state index contributed by atoms with van der Waals surface area (Å²) in [5.41, 5.74) is 0.393. The van der Waals surface area contributed by atoms with Gasteiger partial charge in [-0.1, -0.05) is 36.6 Å². The SMILES string of the molecule is Cc1nc(C2(NC(=O)CCc3ccc(S(=O)(=O)N4CCCCC4)cc3)CCCC2)no1.